The Hall–Kier alpha value is -2.79. The third-order valence-electron chi connectivity index (χ3n) is 4.71. The molecule has 0 radical (unpaired) electrons. The van der Waals surface area contributed by atoms with E-state index in [1.165, 1.54) is 0 Å². The summed E-state index contributed by atoms with van der Waals surface area (Å²) in [5, 5.41) is 3.25. The number of azide groups is 1. The van der Waals surface area contributed by atoms with E-state index in [-0.39, 0.29) is 6.42 Å². The van der Waals surface area contributed by atoms with Gasteiger partial charge in [0, 0.05) is 31.1 Å². The molecule has 174 valence electrons. The molecule has 1 aliphatic rings. The van der Waals surface area contributed by atoms with Crippen molar-refractivity contribution in [1.82, 2.24) is 0 Å². The highest BCUT2D eigenvalue weighted by atomic mass is 19.2. The molecule has 0 aliphatic carbocycles. The molecule has 1 fully saturated rings. The topological polar surface area (TPSA) is 154 Å². The molecule has 0 aromatic rings. The van der Waals surface area contributed by atoms with E-state index in [1.807, 2.05) is 0 Å². The predicted octanol–water partition coefficient (Wildman–Crippen LogP) is 2.11. The first-order valence-corrected chi connectivity index (χ1v) is 9.40. The van der Waals surface area contributed by atoms with Crippen molar-refractivity contribution in [2.75, 3.05) is 7.11 Å². The van der Waals surface area contributed by atoms with Gasteiger partial charge in [0.05, 0.1) is 13.2 Å². The van der Waals surface area contributed by atoms with Gasteiger partial charge in [-0.15, -0.1) is 0 Å². The van der Waals surface area contributed by atoms with Crippen molar-refractivity contribution in [3.63, 3.8) is 0 Å². The highest BCUT2D eigenvalue weighted by Crippen LogP contribution is 2.43. The molecule has 2 unspecified atom stereocenters. The molecule has 11 nitrogen and oxygen atoms in total. The fourth-order valence-corrected chi connectivity index (χ4v) is 3.51. The van der Waals surface area contributed by atoms with Gasteiger partial charge in [0.2, 0.25) is 0 Å². The van der Waals surface area contributed by atoms with Crippen molar-refractivity contribution >= 4 is 23.7 Å². The lowest BCUT2D eigenvalue weighted by Gasteiger charge is -2.47. The Labute approximate surface area is 177 Å². The van der Waals surface area contributed by atoms with Crippen LogP contribution in [-0.2, 0) is 38.1 Å². The van der Waals surface area contributed by atoms with Crippen molar-refractivity contribution in [3.05, 3.63) is 10.4 Å². The van der Waals surface area contributed by atoms with Gasteiger partial charge in [0.25, 0.3) is 0 Å². The summed E-state index contributed by atoms with van der Waals surface area (Å²) in [7, 11) is 0.788. The quantitative estimate of drug-likeness (QED) is 0.170. The zero-order valence-corrected chi connectivity index (χ0v) is 17.7. The van der Waals surface area contributed by atoms with Crippen LogP contribution in [0.1, 0.15) is 40.5 Å². The summed E-state index contributed by atoms with van der Waals surface area (Å²) in [5.74, 6) is -9.00. The summed E-state index contributed by atoms with van der Waals surface area (Å²) in [5.41, 5.74) is 8.87. The first-order chi connectivity index (χ1) is 14.4. The Bertz CT molecular complexity index is 760. The molecule has 0 spiro atoms. The lowest BCUT2D eigenvalue weighted by molar-refractivity contribution is -0.287. The molecular formula is C18H25F2N3O8. The molecular weight excluding hydrogens is 424 g/mol. The summed E-state index contributed by atoms with van der Waals surface area (Å²) in [6.07, 6.45) is -7.72. The Balaban J connectivity index is 3.67. The van der Waals surface area contributed by atoms with E-state index in [4.69, 9.17) is 19.7 Å². The lowest BCUT2D eigenvalue weighted by Crippen LogP contribution is -2.65. The highest BCUT2D eigenvalue weighted by molar-refractivity contribution is 5.79. The molecule has 0 amide bonds. The SMILES string of the molecule is CC[C@@H](OC(C)=O)[C@@H](OC(C)=O)C1O[C@@](F)(C(=O)OC)C(F)[C@@H](N=[N+]=[N-])[C@H]1CC(C)=O. The fourth-order valence-electron chi connectivity index (χ4n) is 3.51. The smallest absolute Gasteiger partial charge is 0.375 e. The molecule has 1 saturated heterocycles. The second-order valence-electron chi connectivity index (χ2n) is 7.02. The van der Waals surface area contributed by atoms with Gasteiger partial charge in [-0.25, -0.2) is 9.18 Å². The van der Waals surface area contributed by atoms with Gasteiger partial charge in [-0.1, -0.05) is 12.0 Å². The Morgan fingerprint density at radius 1 is 1.19 bits per heavy atom. The number of hydrogen-bond donors (Lipinski definition) is 0. The predicted molar refractivity (Wildman–Crippen MR) is 98.7 cm³/mol. The number of carbonyl (C=O) groups excluding carboxylic acids is 4. The van der Waals surface area contributed by atoms with Gasteiger partial charge in [-0.2, -0.15) is 4.39 Å². The number of alkyl halides is 2. The molecule has 1 heterocycles. The van der Waals surface area contributed by atoms with Crippen LogP contribution in [0.3, 0.4) is 0 Å². The van der Waals surface area contributed by atoms with E-state index >= 15 is 8.78 Å². The van der Waals surface area contributed by atoms with Gasteiger partial charge in [0.15, 0.2) is 12.3 Å². The number of methoxy groups -OCH3 is 1. The average Bonchev–Trinajstić information content (AvgIpc) is 2.68. The van der Waals surface area contributed by atoms with Crippen LogP contribution < -0.4 is 0 Å². The minimum Gasteiger partial charge on any atom is -0.465 e. The maximum Gasteiger partial charge on any atom is 0.375 e. The minimum atomic E-state index is -3.74. The Morgan fingerprint density at radius 3 is 2.19 bits per heavy atom. The van der Waals surface area contributed by atoms with Crippen LogP contribution >= 0.6 is 0 Å². The number of rotatable bonds is 9. The van der Waals surface area contributed by atoms with Gasteiger partial charge >= 0.3 is 23.8 Å². The number of hydrogen-bond acceptors (Lipinski definition) is 9. The van der Waals surface area contributed by atoms with Crippen LogP contribution in [0.4, 0.5) is 8.78 Å². The fraction of sp³-hybridized carbons (Fsp3) is 0.778. The van der Waals surface area contributed by atoms with Crippen molar-refractivity contribution in [1.29, 1.82) is 0 Å². The molecule has 0 N–H and O–H groups in total. The lowest BCUT2D eigenvalue weighted by atomic mass is 9.78. The maximum atomic E-state index is 15.4. The van der Waals surface area contributed by atoms with Crippen molar-refractivity contribution in [2.45, 2.75) is 76.9 Å². The van der Waals surface area contributed by atoms with E-state index in [9.17, 15) is 19.2 Å². The van der Waals surface area contributed by atoms with Crippen molar-refractivity contribution in [3.8, 4) is 0 Å². The molecule has 0 aromatic heterocycles. The third-order valence-corrected chi connectivity index (χ3v) is 4.71. The van der Waals surface area contributed by atoms with Crippen LogP contribution in [0.15, 0.2) is 5.11 Å². The van der Waals surface area contributed by atoms with Gasteiger partial charge < -0.3 is 23.7 Å². The van der Waals surface area contributed by atoms with Crippen LogP contribution in [0, 0.1) is 5.92 Å². The summed E-state index contributed by atoms with van der Waals surface area (Å²) in [6, 6.07) is -1.90. The van der Waals surface area contributed by atoms with Crippen LogP contribution in [-0.4, -0.2) is 67.2 Å². The zero-order valence-electron chi connectivity index (χ0n) is 17.7. The van der Waals surface area contributed by atoms with Gasteiger partial charge in [-0.05, 0) is 18.9 Å². The number of halogens is 2. The monoisotopic (exact) mass is 449 g/mol. The van der Waals surface area contributed by atoms with E-state index in [1.54, 1.807) is 6.92 Å². The van der Waals surface area contributed by atoms with Crippen LogP contribution in [0.2, 0.25) is 0 Å². The molecule has 0 saturated carbocycles. The number of ether oxygens (including phenoxy) is 4. The Kier molecular flexibility index (Phi) is 9.32. The van der Waals surface area contributed by atoms with E-state index < -0.39 is 72.4 Å². The number of esters is 3. The number of Topliss-reactive ketones (excluding diaryl/α,β-unsaturated/α-hetero) is 1. The van der Waals surface area contributed by atoms with E-state index in [0.717, 1.165) is 27.9 Å². The number of nitrogens with zero attached hydrogens (tertiary/aromatic N) is 3. The first-order valence-electron chi connectivity index (χ1n) is 9.40. The summed E-state index contributed by atoms with van der Waals surface area (Å²) in [4.78, 5) is 49.6. The number of carbonyl (C=O) groups is 4. The zero-order chi connectivity index (χ0) is 23.9. The molecule has 1 aliphatic heterocycles. The average molecular weight is 449 g/mol. The molecule has 0 aromatic carbocycles. The van der Waals surface area contributed by atoms with Crippen molar-refractivity contribution < 1.29 is 46.9 Å². The van der Waals surface area contributed by atoms with E-state index in [2.05, 4.69) is 14.8 Å². The summed E-state index contributed by atoms with van der Waals surface area (Å²) < 4.78 is 50.2. The molecule has 31 heavy (non-hydrogen) atoms. The second-order valence-corrected chi connectivity index (χ2v) is 7.02. The number of ketones is 1. The minimum absolute atomic E-state index is 0.0485. The Morgan fingerprint density at radius 2 is 1.77 bits per heavy atom. The third kappa shape index (κ3) is 6.11. The van der Waals surface area contributed by atoms with Gasteiger partial charge in [0.1, 0.15) is 18.0 Å². The highest BCUT2D eigenvalue weighted by Gasteiger charge is 2.63. The summed E-state index contributed by atoms with van der Waals surface area (Å²) in [6.45, 7) is 4.80. The summed E-state index contributed by atoms with van der Waals surface area (Å²) >= 11 is 0. The first kappa shape index (κ1) is 26.2. The van der Waals surface area contributed by atoms with Crippen LogP contribution in [0.25, 0.3) is 10.4 Å². The second kappa shape index (κ2) is 11.0. The standard InChI is InChI=1S/C18H25F2N3O8/c1-6-12(29-9(3)25)15(30-10(4)26)14-11(7-8(2)24)13(22-23-21)16(19)18(20,31-14)17(27)28-5/h11-16H,6-7H2,1-5H3/t11-,12-,13+,14?,15-,16?,18-/m1/s1. The van der Waals surface area contributed by atoms with Gasteiger partial charge in [-0.3, -0.25) is 9.59 Å². The largest absolute Gasteiger partial charge is 0.465 e. The molecule has 0 bridgehead atoms. The molecule has 1 rings (SSSR count). The maximum absolute atomic E-state index is 15.4. The van der Waals surface area contributed by atoms with Crippen LogP contribution in [0.5, 0.6) is 0 Å². The molecule has 7 atom stereocenters. The molecule has 13 heteroatoms. The van der Waals surface area contributed by atoms with Crippen molar-refractivity contribution in [2.24, 2.45) is 11.0 Å². The van der Waals surface area contributed by atoms with E-state index in [0.29, 0.717) is 0 Å². The normalized spacial score (nSPS) is 29.6.